The van der Waals surface area contributed by atoms with Crippen LogP contribution in [0.4, 0.5) is 4.79 Å². The first-order valence-corrected chi connectivity index (χ1v) is 11.2. The number of carbonyl (C=O) groups is 2. The number of benzene rings is 4. The molecule has 0 aliphatic heterocycles. The van der Waals surface area contributed by atoms with Crippen LogP contribution < -0.4 is 5.32 Å². The third-order valence-electron chi connectivity index (χ3n) is 6.17. The number of fused-ring (bicyclic) bond motifs is 2. The molecular formula is C29H24N2O4. The van der Waals surface area contributed by atoms with Crippen LogP contribution in [0.15, 0.2) is 103 Å². The molecule has 5 rings (SSSR count). The summed E-state index contributed by atoms with van der Waals surface area (Å²) in [5.41, 5.74) is 1.13. The van der Waals surface area contributed by atoms with E-state index in [1.165, 1.54) is 7.11 Å². The number of para-hydroxylation sites is 1. The van der Waals surface area contributed by atoms with Crippen molar-refractivity contribution in [3.8, 4) is 0 Å². The molecular weight excluding hydrogens is 440 g/mol. The van der Waals surface area contributed by atoms with Crippen molar-refractivity contribution in [1.29, 1.82) is 0 Å². The van der Waals surface area contributed by atoms with Gasteiger partial charge in [0.25, 0.3) is 0 Å². The van der Waals surface area contributed by atoms with Crippen molar-refractivity contribution in [2.45, 2.75) is 12.1 Å². The number of aromatic nitrogens is 1. The molecule has 35 heavy (non-hydrogen) atoms. The van der Waals surface area contributed by atoms with Crippen molar-refractivity contribution in [3.05, 3.63) is 120 Å². The molecule has 0 unspecified atom stereocenters. The van der Waals surface area contributed by atoms with Crippen molar-refractivity contribution in [2.24, 2.45) is 0 Å². The number of aromatic amines is 1. The van der Waals surface area contributed by atoms with E-state index in [9.17, 15) is 9.59 Å². The molecule has 1 aromatic heterocycles. The zero-order valence-corrected chi connectivity index (χ0v) is 19.2. The molecule has 0 saturated heterocycles. The van der Waals surface area contributed by atoms with Gasteiger partial charge in [-0.1, -0.05) is 84.9 Å². The van der Waals surface area contributed by atoms with Gasteiger partial charge >= 0.3 is 12.1 Å². The summed E-state index contributed by atoms with van der Waals surface area (Å²) in [4.78, 5) is 30.0. The highest BCUT2D eigenvalue weighted by atomic mass is 16.5. The molecule has 1 amide bonds. The van der Waals surface area contributed by atoms with Gasteiger partial charge in [0.2, 0.25) is 0 Å². The maximum Gasteiger partial charge on any atom is 0.408 e. The summed E-state index contributed by atoms with van der Waals surface area (Å²) in [7, 11) is 1.27. The van der Waals surface area contributed by atoms with Gasteiger partial charge in [-0.2, -0.15) is 0 Å². The molecule has 6 heteroatoms. The summed E-state index contributed by atoms with van der Waals surface area (Å²) in [6.45, 7) is 0.0558. The smallest absolute Gasteiger partial charge is 0.408 e. The highest BCUT2D eigenvalue weighted by Gasteiger charge is 2.47. The summed E-state index contributed by atoms with van der Waals surface area (Å²) < 4.78 is 10.8. The zero-order chi connectivity index (χ0) is 24.3. The molecule has 0 saturated carbocycles. The van der Waals surface area contributed by atoms with Crippen LogP contribution in [0.2, 0.25) is 0 Å². The fraction of sp³-hybridized carbons (Fsp3) is 0.103. The molecule has 0 spiro atoms. The Bertz CT molecular complexity index is 1510. The minimum Gasteiger partial charge on any atom is -0.459 e. The van der Waals surface area contributed by atoms with Gasteiger partial charge in [-0.25, -0.2) is 9.59 Å². The maximum atomic E-state index is 14.1. The van der Waals surface area contributed by atoms with Crippen molar-refractivity contribution < 1.29 is 19.1 Å². The van der Waals surface area contributed by atoms with Crippen LogP contribution in [0.3, 0.4) is 0 Å². The Morgan fingerprint density at radius 3 is 2.37 bits per heavy atom. The van der Waals surface area contributed by atoms with E-state index in [0.29, 0.717) is 11.1 Å². The number of carbonyl (C=O) groups excluding carboxylic acids is 2. The SMILES string of the molecule is COC(=O)N[C@@](C(=O)OCc1ccccc1)(c1ccc2ccccc2c1)c1c[nH]c2ccccc12. The van der Waals surface area contributed by atoms with Gasteiger partial charge < -0.3 is 14.5 Å². The topological polar surface area (TPSA) is 80.4 Å². The number of methoxy groups -OCH3 is 1. The second-order valence-electron chi connectivity index (χ2n) is 8.24. The minimum absolute atomic E-state index is 0.0558. The Labute approximate surface area is 202 Å². The predicted molar refractivity (Wildman–Crippen MR) is 135 cm³/mol. The van der Waals surface area contributed by atoms with Crippen LogP contribution in [0, 0.1) is 0 Å². The maximum absolute atomic E-state index is 14.1. The first kappa shape index (κ1) is 22.2. The Hall–Kier alpha value is -4.58. The van der Waals surface area contributed by atoms with Crippen LogP contribution in [-0.2, 0) is 26.4 Å². The van der Waals surface area contributed by atoms with Crippen LogP contribution in [0.25, 0.3) is 21.7 Å². The van der Waals surface area contributed by atoms with E-state index in [-0.39, 0.29) is 6.61 Å². The predicted octanol–water partition coefficient (Wildman–Crippen LogP) is 5.66. The fourth-order valence-corrected chi connectivity index (χ4v) is 4.41. The van der Waals surface area contributed by atoms with Crippen molar-refractivity contribution in [3.63, 3.8) is 0 Å². The van der Waals surface area contributed by atoms with E-state index >= 15 is 0 Å². The largest absolute Gasteiger partial charge is 0.459 e. The van der Waals surface area contributed by atoms with Gasteiger partial charge in [-0.15, -0.1) is 0 Å². The first-order chi connectivity index (χ1) is 17.1. The van der Waals surface area contributed by atoms with Crippen LogP contribution in [-0.4, -0.2) is 24.2 Å². The van der Waals surface area contributed by atoms with Crippen LogP contribution in [0.1, 0.15) is 16.7 Å². The second-order valence-corrected chi connectivity index (χ2v) is 8.24. The van der Waals surface area contributed by atoms with Crippen molar-refractivity contribution in [2.75, 3.05) is 7.11 Å². The normalized spacial score (nSPS) is 12.7. The van der Waals surface area contributed by atoms with Gasteiger partial charge in [-0.05, 0) is 34.0 Å². The van der Waals surface area contributed by atoms with E-state index in [1.54, 1.807) is 6.20 Å². The average molecular weight is 465 g/mol. The first-order valence-electron chi connectivity index (χ1n) is 11.2. The molecule has 1 heterocycles. The standard InChI is InChI=1S/C29H24N2O4/c1-34-28(33)31-29(25-18-30-26-14-8-7-13-24(25)26,27(32)35-19-20-9-3-2-4-10-20)23-16-15-21-11-5-6-12-22(21)17-23/h2-18,30H,19H2,1H3,(H,31,33)/t29-/m0/s1. The highest BCUT2D eigenvalue weighted by Crippen LogP contribution is 2.38. The van der Waals surface area contributed by atoms with Gasteiger partial charge in [0.1, 0.15) is 6.61 Å². The molecule has 174 valence electrons. The molecule has 0 aliphatic carbocycles. The minimum atomic E-state index is -1.66. The quantitative estimate of drug-likeness (QED) is 0.318. The Morgan fingerprint density at radius 1 is 0.857 bits per heavy atom. The van der Waals surface area contributed by atoms with E-state index in [0.717, 1.165) is 27.2 Å². The molecule has 4 aromatic carbocycles. The monoisotopic (exact) mass is 464 g/mol. The lowest BCUT2D eigenvalue weighted by molar-refractivity contribution is -0.151. The molecule has 0 radical (unpaired) electrons. The summed E-state index contributed by atoms with van der Waals surface area (Å²) in [5.74, 6) is -0.619. The van der Waals surface area contributed by atoms with Crippen molar-refractivity contribution >= 4 is 33.7 Å². The lowest BCUT2D eigenvalue weighted by atomic mass is 9.81. The number of H-pyrrole nitrogens is 1. The number of amides is 1. The number of nitrogens with one attached hydrogen (secondary N) is 2. The molecule has 2 N–H and O–H groups in total. The van der Waals surface area contributed by atoms with Crippen LogP contribution in [0.5, 0.6) is 0 Å². The molecule has 1 atom stereocenters. The summed E-state index contributed by atoms with van der Waals surface area (Å²) in [5, 5.41) is 5.56. The number of hydrogen-bond acceptors (Lipinski definition) is 4. The third-order valence-corrected chi connectivity index (χ3v) is 6.17. The number of rotatable bonds is 6. The number of ether oxygens (including phenoxy) is 2. The fourth-order valence-electron chi connectivity index (χ4n) is 4.41. The number of esters is 1. The lowest BCUT2D eigenvalue weighted by Crippen LogP contribution is -2.53. The van der Waals surface area contributed by atoms with Gasteiger partial charge in [0, 0.05) is 22.7 Å². The Balaban J connectivity index is 1.72. The number of alkyl carbamates (subject to hydrolysis) is 1. The molecule has 0 bridgehead atoms. The molecule has 5 aromatic rings. The third kappa shape index (κ3) is 4.10. The van der Waals surface area contributed by atoms with Gasteiger partial charge in [0.15, 0.2) is 5.54 Å². The number of hydrogen-bond donors (Lipinski definition) is 2. The van der Waals surface area contributed by atoms with Crippen LogP contribution >= 0.6 is 0 Å². The second kappa shape index (κ2) is 9.35. The Kier molecular flexibility index (Phi) is 5.94. The van der Waals surface area contributed by atoms with E-state index in [4.69, 9.17) is 9.47 Å². The summed E-state index contributed by atoms with van der Waals surface area (Å²) in [6.07, 6.45) is 0.986. The zero-order valence-electron chi connectivity index (χ0n) is 19.2. The Morgan fingerprint density at radius 2 is 1.57 bits per heavy atom. The molecule has 0 fully saturated rings. The lowest BCUT2D eigenvalue weighted by Gasteiger charge is -2.32. The van der Waals surface area contributed by atoms with Crippen molar-refractivity contribution in [1.82, 2.24) is 10.3 Å². The molecule has 0 aliphatic rings. The van der Waals surface area contributed by atoms with Gasteiger partial charge in [-0.3, -0.25) is 5.32 Å². The summed E-state index contributed by atoms with van der Waals surface area (Å²) in [6, 6.07) is 30.5. The highest BCUT2D eigenvalue weighted by molar-refractivity contribution is 5.98. The summed E-state index contributed by atoms with van der Waals surface area (Å²) >= 11 is 0. The molecule has 6 nitrogen and oxygen atoms in total. The van der Waals surface area contributed by atoms with E-state index in [2.05, 4.69) is 10.3 Å². The average Bonchev–Trinajstić information content (AvgIpc) is 3.35. The van der Waals surface area contributed by atoms with E-state index in [1.807, 2.05) is 97.1 Å². The van der Waals surface area contributed by atoms with Gasteiger partial charge in [0.05, 0.1) is 7.11 Å². The van der Waals surface area contributed by atoms with E-state index < -0.39 is 17.6 Å².